The number of aromatic nitrogens is 2. The molecular formula is C17H14ClN5O3S. The van der Waals surface area contributed by atoms with Gasteiger partial charge in [-0.3, -0.25) is 25.0 Å². The predicted octanol–water partition coefficient (Wildman–Crippen LogP) is 2.30. The molecule has 1 aliphatic rings. The number of urea groups is 1. The molecule has 0 aliphatic carbocycles. The SMILES string of the molecule is Cc1nn(Cc2ccc(Cl)cc2)c2sc(C(=O)NN3CC(=O)NC3=O)cc12. The van der Waals surface area contributed by atoms with E-state index in [-0.39, 0.29) is 6.54 Å². The molecule has 1 aliphatic heterocycles. The average molecular weight is 404 g/mol. The van der Waals surface area contributed by atoms with Gasteiger partial charge < -0.3 is 0 Å². The van der Waals surface area contributed by atoms with Crippen molar-refractivity contribution < 1.29 is 14.4 Å². The minimum absolute atomic E-state index is 0.196. The van der Waals surface area contributed by atoms with Crippen LogP contribution in [0.2, 0.25) is 5.02 Å². The number of carbonyl (C=O) groups is 3. The fourth-order valence-corrected chi connectivity index (χ4v) is 3.98. The summed E-state index contributed by atoms with van der Waals surface area (Å²) in [5, 5.41) is 9.15. The summed E-state index contributed by atoms with van der Waals surface area (Å²) in [7, 11) is 0. The van der Waals surface area contributed by atoms with Gasteiger partial charge in [0.05, 0.1) is 17.1 Å². The maximum Gasteiger partial charge on any atom is 0.343 e. The highest BCUT2D eigenvalue weighted by Gasteiger charge is 2.29. The van der Waals surface area contributed by atoms with Crippen molar-refractivity contribution in [2.75, 3.05) is 6.54 Å². The summed E-state index contributed by atoms with van der Waals surface area (Å²) < 4.78 is 1.83. The van der Waals surface area contributed by atoms with Crippen LogP contribution >= 0.6 is 22.9 Å². The molecule has 0 atom stereocenters. The summed E-state index contributed by atoms with van der Waals surface area (Å²) >= 11 is 7.20. The van der Waals surface area contributed by atoms with Gasteiger partial charge in [0, 0.05) is 10.4 Å². The Bertz CT molecular complexity index is 1070. The van der Waals surface area contributed by atoms with Gasteiger partial charge >= 0.3 is 6.03 Å². The number of aryl methyl sites for hydroxylation is 1. The number of halogens is 1. The lowest BCUT2D eigenvalue weighted by atomic mass is 10.2. The van der Waals surface area contributed by atoms with E-state index in [0.29, 0.717) is 16.4 Å². The Morgan fingerprint density at radius 3 is 2.74 bits per heavy atom. The molecule has 10 heteroatoms. The maximum absolute atomic E-state index is 12.5. The fourth-order valence-electron chi connectivity index (χ4n) is 2.80. The molecule has 3 heterocycles. The Labute approximate surface area is 162 Å². The van der Waals surface area contributed by atoms with E-state index in [1.807, 2.05) is 35.9 Å². The van der Waals surface area contributed by atoms with Crippen LogP contribution in [0.25, 0.3) is 10.2 Å². The van der Waals surface area contributed by atoms with E-state index < -0.39 is 17.8 Å². The van der Waals surface area contributed by atoms with Crippen LogP contribution in [0.3, 0.4) is 0 Å². The van der Waals surface area contributed by atoms with Gasteiger partial charge in [0.25, 0.3) is 5.91 Å². The normalized spacial score (nSPS) is 14.1. The first-order valence-electron chi connectivity index (χ1n) is 8.04. The Kier molecular flexibility index (Phi) is 4.33. The van der Waals surface area contributed by atoms with Gasteiger partial charge in [-0.1, -0.05) is 23.7 Å². The molecule has 0 bridgehead atoms. The minimum atomic E-state index is -0.639. The number of imide groups is 1. The van der Waals surface area contributed by atoms with Crippen molar-refractivity contribution in [3.8, 4) is 0 Å². The number of rotatable bonds is 4. The van der Waals surface area contributed by atoms with E-state index in [9.17, 15) is 14.4 Å². The highest BCUT2D eigenvalue weighted by molar-refractivity contribution is 7.20. The third kappa shape index (κ3) is 3.38. The third-order valence-corrected chi connectivity index (χ3v) is 5.51. The van der Waals surface area contributed by atoms with Gasteiger partial charge in [-0.25, -0.2) is 9.80 Å². The molecular weight excluding hydrogens is 390 g/mol. The number of nitrogens with zero attached hydrogens (tertiary/aromatic N) is 3. The molecule has 1 aromatic carbocycles. The van der Waals surface area contributed by atoms with E-state index in [1.165, 1.54) is 11.3 Å². The van der Waals surface area contributed by atoms with Crippen LogP contribution in [0.15, 0.2) is 30.3 Å². The molecule has 2 N–H and O–H groups in total. The molecule has 2 aromatic heterocycles. The lowest BCUT2D eigenvalue weighted by molar-refractivity contribution is -0.118. The van der Waals surface area contributed by atoms with Crippen LogP contribution in [0.4, 0.5) is 4.79 Å². The van der Waals surface area contributed by atoms with Crippen LogP contribution < -0.4 is 10.7 Å². The monoisotopic (exact) mass is 403 g/mol. The molecule has 27 heavy (non-hydrogen) atoms. The summed E-state index contributed by atoms with van der Waals surface area (Å²) in [6.07, 6.45) is 0. The lowest BCUT2D eigenvalue weighted by Crippen LogP contribution is -2.43. The lowest BCUT2D eigenvalue weighted by Gasteiger charge is -2.13. The molecule has 138 valence electrons. The van der Waals surface area contributed by atoms with Crippen molar-refractivity contribution in [3.05, 3.63) is 51.5 Å². The summed E-state index contributed by atoms with van der Waals surface area (Å²) in [5.74, 6) is -0.899. The Morgan fingerprint density at radius 1 is 1.33 bits per heavy atom. The second kappa shape index (κ2) is 6.67. The van der Waals surface area contributed by atoms with Crippen molar-refractivity contribution in [2.45, 2.75) is 13.5 Å². The van der Waals surface area contributed by atoms with Crippen LogP contribution in [0.5, 0.6) is 0 Å². The van der Waals surface area contributed by atoms with Crippen LogP contribution in [-0.2, 0) is 11.3 Å². The topological polar surface area (TPSA) is 96.3 Å². The van der Waals surface area contributed by atoms with Gasteiger partial charge in [0.15, 0.2) is 0 Å². The molecule has 1 fully saturated rings. The summed E-state index contributed by atoms with van der Waals surface area (Å²) in [4.78, 5) is 36.5. The molecule has 0 spiro atoms. The number of carbonyl (C=O) groups excluding carboxylic acids is 3. The van der Waals surface area contributed by atoms with Crippen molar-refractivity contribution >= 4 is 51.0 Å². The predicted molar refractivity (Wildman–Crippen MR) is 101 cm³/mol. The van der Waals surface area contributed by atoms with Crippen molar-refractivity contribution in [2.24, 2.45) is 0 Å². The largest absolute Gasteiger partial charge is 0.343 e. The number of amides is 4. The number of hydrogen-bond acceptors (Lipinski definition) is 5. The second-order valence-electron chi connectivity index (χ2n) is 6.08. The quantitative estimate of drug-likeness (QED) is 0.653. The van der Waals surface area contributed by atoms with Gasteiger partial charge in [-0.2, -0.15) is 5.10 Å². The molecule has 0 unspecified atom stereocenters. The Morgan fingerprint density at radius 2 is 2.07 bits per heavy atom. The van der Waals surface area contributed by atoms with Gasteiger partial charge in [0.1, 0.15) is 11.4 Å². The van der Waals surface area contributed by atoms with E-state index in [0.717, 1.165) is 26.5 Å². The molecule has 1 saturated heterocycles. The zero-order chi connectivity index (χ0) is 19.1. The molecule has 4 amide bonds. The smallest absolute Gasteiger partial charge is 0.275 e. The summed E-state index contributed by atoms with van der Waals surface area (Å²) in [6.45, 7) is 2.23. The first-order chi connectivity index (χ1) is 12.9. The molecule has 8 nitrogen and oxygen atoms in total. The number of nitrogens with one attached hydrogen (secondary N) is 2. The van der Waals surface area contributed by atoms with Crippen molar-refractivity contribution in [1.82, 2.24) is 25.5 Å². The van der Waals surface area contributed by atoms with E-state index in [4.69, 9.17) is 11.6 Å². The highest BCUT2D eigenvalue weighted by atomic mass is 35.5. The maximum atomic E-state index is 12.5. The van der Waals surface area contributed by atoms with Gasteiger partial charge in [-0.15, -0.1) is 11.3 Å². The number of hydrazine groups is 1. The Balaban J connectivity index is 1.58. The van der Waals surface area contributed by atoms with Crippen LogP contribution in [-0.4, -0.2) is 39.2 Å². The average Bonchev–Trinajstić information content (AvgIpc) is 3.27. The van der Waals surface area contributed by atoms with Crippen LogP contribution in [0, 0.1) is 6.92 Å². The minimum Gasteiger partial charge on any atom is -0.275 e. The summed E-state index contributed by atoms with van der Waals surface area (Å²) in [6, 6.07) is 8.59. The second-order valence-corrected chi connectivity index (χ2v) is 7.55. The van der Waals surface area contributed by atoms with Gasteiger partial charge in [-0.05, 0) is 30.7 Å². The zero-order valence-electron chi connectivity index (χ0n) is 14.2. The Hall–Kier alpha value is -2.91. The van der Waals surface area contributed by atoms with E-state index >= 15 is 0 Å². The molecule has 0 radical (unpaired) electrons. The van der Waals surface area contributed by atoms with Crippen molar-refractivity contribution in [3.63, 3.8) is 0 Å². The number of fused-ring (bicyclic) bond motifs is 1. The van der Waals surface area contributed by atoms with Crippen LogP contribution in [0.1, 0.15) is 20.9 Å². The van der Waals surface area contributed by atoms with Crippen molar-refractivity contribution in [1.29, 1.82) is 0 Å². The highest BCUT2D eigenvalue weighted by Crippen LogP contribution is 2.29. The third-order valence-electron chi connectivity index (χ3n) is 4.11. The molecule has 4 rings (SSSR count). The first-order valence-corrected chi connectivity index (χ1v) is 9.24. The van der Waals surface area contributed by atoms with E-state index in [1.54, 1.807) is 6.07 Å². The number of thiophene rings is 1. The fraction of sp³-hybridized carbons (Fsp3) is 0.176. The molecule has 0 saturated carbocycles. The zero-order valence-corrected chi connectivity index (χ0v) is 15.7. The van der Waals surface area contributed by atoms with E-state index in [2.05, 4.69) is 15.8 Å². The standard InChI is InChI=1S/C17H14ClN5O3S/c1-9-12-6-13(15(25)21-23-8-14(24)19-17(23)26)27-16(12)22(20-9)7-10-2-4-11(18)5-3-10/h2-6H,7-8H2,1H3,(H,21,25)(H,19,24,26). The van der Waals surface area contributed by atoms with Gasteiger partial charge in [0.2, 0.25) is 5.91 Å². The summed E-state index contributed by atoms with van der Waals surface area (Å²) in [5.41, 5.74) is 4.29. The number of hydrogen-bond donors (Lipinski definition) is 2. The number of benzene rings is 1. The molecule has 3 aromatic rings. The first kappa shape index (κ1) is 17.5.